The maximum Gasteiger partial charge on any atom is 0.279 e. The van der Waals surface area contributed by atoms with Crippen LogP contribution in [0.1, 0.15) is 10.4 Å². The van der Waals surface area contributed by atoms with E-state index in [9.17, 15) is 28.4 Å². The minimum absolute atomic E-state index is 0. The van der Waals surface area contributed by atoms with Crippen LogP contribution in [0.25, 0.3) is 0 Å². The average Bonchev–Trinajstić information content (AvgIpc) is 2.15. The van der Waals surface area contributed by atoms with Crippen LogP contribution in [0.4, 0.5) is 5.69 Å². The molecule has 8 nitrogen and oxygen atoms in total. The van der Waals surface area contributed by atoms with Crippen LogP contribution in [-0.4, -0.2) is 25.6 Å². The zero-order valence-electron chi connectivity index (χ0n) is 9.04. The van der Waals surface area contributed by atoms with E-state index < -0.39 is 32.0 Å². The molecule has 94 valence electrons. The maximum absolute atomic E-state index is 11.1. The Labute approximate surface area is 96.5 Å². The average molecular weight is 262 g/mol. The second-order valence-corrected chi connectivity index (χ2v) is 5.01. The van der Waals surface area contributed by atoms with Gasteiger partial charge in [0.15, 0.2) is 9.84 Å². The van der Waals surface area contributed by atoms with Crippen molar-refractivity contribution < 1.29 is 23.2 Å². The summed E-state index contributed by atoms with van der Waals surface area (Å²) < 4.78 is 22.2. The quantitative estimate of drug-likeness (QED) is 0.584. The first kappa shape index (κ1) is 15.0. The number of carbonyl (C=O) groups excluding carboxylic acids is 1. The Morgan fingerprint density at radius 2 is 1.88 bits per heavy atom. The van der Waals surface area contributed by atoms with E-state index in [1.54, 1.807) is 0 Å². The lowest BCUT2D eigenvalue weighted by Gasteiger charge is -2.05. The summed E-state index contributed by atoms with van der Waals surface area (Å²) in [5.74, 6) is -1.73. The summed E-state index contributed by atoms with van der Waals surface area (Å²) in [5.41, 5.74) is -1.46. The molecule has 0 aromatic heterocycles. The van der Waals surface area contributed by atoms with Crippen molar-refractivity contribution in [3.8, 4) is 0 Å². The Morgan fingerprint density at radius 1 is 1.35 bits per heavy atom. The number of carboxylic acid groups (broad SMARTS) is 1. The van der Waals surface area contributed by atoms with Crippen LogP contribution in [0.2, 0.25) is 0 Å². The number of sulfone groups is 1. The van der Waals surface area contributed by atoms with Crippen molar-refractivity contribution in [2.24, 2.45) is 0 Å². The fraction of sp³-hybridized carbons (Fsp3) is 0.125. The minimum atomic E-state index is -3.62. The Bertz CT molecular complexity index is 565. The van der Waals surface area contributed by atoms with E-state index in [2.05, 4.69) is 0 Å². The van der Waals surface area contributed by atoms with Crippen molar-refractivity contribution in [3.63, 3.8) is 0 Å². The highest BCUT2D eigenvalue weighted by Crippen LogP contribution is 2.22. The maximum atomic E-state index is 11.1. The van der Waals surface area contributed by atoms with Crippen molar-refractivity contribution in [1.82, 2.24) is 6.15 Å². The Morgan fingerprint density at radius 3 is 2.24 bits per heavy atom. The first-order valence-corrected chi connectivity index (χ1v) is 5.82. The monoisotopic (exact) mass is 262 g/mol. The van der Waals surface area contributed by atoms with Crippen molar-refractivity contribution >= 4 is 21.5 Å². The van der Waals surface area contributed by atoms with Gasteiger partial charge in [0.05, 0.1) is 21.4 Å². The standard InChI is InChI=1S/C8H7NO6S.H3N/c1-16(14,15)5-2-3-6(8(10)11)7(4-5)9(12)13;/h2-4H,1H3,(H,10,11);1H3. The molecule has 0 amide bonds. The number of nitrogens with zero attached hydrogens (tertiary/aromatic N) is 1. The molecule has 0 aliphatic rings. The van der Waals surface area contributed by atoms with Crippen molar-refractivity contribution in [2.45, 2.75) is 4.90 Å². The fourth-order valence-electron chi connectivity index (χ4n) is 1.07. The Kier molecular flexibility index (Phi) is 4.31. The molecular formula is C8H10N2O6S. The molecule has 17 heavy (non-hydrogen) atoms. The van der Waals surface area contributed by atoms with Gasteiger partial charge >= 0.3 is 0 Å². The second kappa shape index (κ2) is 4.89. The van der Waals surface area contributed by atoms with E-state index in [4.69, 9.17) is 0 Å². The molecule has 0 saturated heterocycles. The number of nitro groups is 1. The molecular weight excluding hydrogens is 252 g/mol. The van der Waals surface area contributed by atoms with Gasteiger partial charge in [-0.05, 0) is 12.1 Å². The second-order valence-electron chi connectivity index (χ2n) is 3.00. The highest BCUT2D eigenvalue weighted by atomic mass is 32.2. The smallest absolute Gasteiger partial charge is 0.279 e. The Hall–Kier alpha value is -2.00. The number of hydrogen-bond donors (Lipinski definition) is 1. The molecule has 0 fully saturated rings. The molecule has 1 aromatic rings. The van der Waals surface area contributed by atoms with E-state index in [0.717, 1.165) is 18.4 Å². The fourth-order valence-corrected chi connectivity index (χ4v) is 1.71. The van der Waals surface area contributed by atoms with E-state index >= 15 is 0 Å². The predicted octanol–water partition coefficient (Wildman–Crippen LogP) is -0.262. The zero-order chi connectivity index (χ0) is 12.5. The number of quaternary nitrogens is 1. The van der Waals surface area contributed by atoms with Gasteiger partial charge in [0, 0.05) is 12.3 Å². The third kappa shape index (κ3) is 3.23. The summed E-state index contributed by atoms with van der Waals surface area (Å²) in [6.45, 7) is 0. The molecule has 4 N–H and O–H groups in total. The largest absolute Gasteiger partial charge is 0.545 e. The molecule has 0 spiro atoms. The van der Waals surface area contributed by atoms with Gasteiger partial charge in [-0.3, -0.25) is 10.1 Å². The molecule has 1 aromatic carbocycles. The van der Waals surface area contributed by atoms with Crippen LogP contribution >= 0.6 is 0 Å². The third-order valence-corrected chi connectivity index (χ3v) is 2.92. The van der Waals surface area contributed by atoms with Crippen molar-refractivity contribution in [1.29, 1.82) is 0 Å². The lowest BCUT2D eigenvalue weighted by atomic mass is 10.2. The normalized spacial score (nSPS) is 10.4. The molecule has 9 heteroatoms. The number of rotatable bonds is 3. The first-order valence-electron chi connectivity index (χ1n) is 3.93. The van der Waals surface area contributed by atoms with E-state index in [1.807, 2.05) is 0 Å². The molecule has 1 rings (SSSR count). The highest BCUT2D eigenvalue weighted by Gasteiger charge is 2.18. The first-order chi connectivity index (χ1) is 7.23. The van der Waals surface area contributed by atoms with Gasteiger partial charge in [0.25, 0.3) is 5.69 Å². The molecule has 0 saturated carbocycles. The Balaban J connectivity index is 0.00000256. The van der Waals surface area contributed by atoms with Gasteiger partial charge in [-0.15, -0.1) is 0 Å². The van der Waals surface area contributed by atoms with Gasteiger partial charge in [-0.1, -0.05) is 0 Å². The highest BCUT2D eigenvalue weighted by molar-refractivity contribution is 7.90. The molecule has 0 heterocycles. The summed E-state index contributed by atoms with van der Waals surface area (Å²) in [4.78, 5) is 19.8. The SMILES string of the molecule is CS(=O)(=O)c1ccc(C(=O)[O-])c([N+](=O)[O-])c1.[NH4+]. The van der Waals surface area contributed by atoms with Gasteiger partial charge in [-0.2, -0.15) is 0 Å². The van der Waals surface area contributed by atoms with Gasteiger partial charge in [-0.25, -0.2) is 8.42 Å². The number of hydrogen-bond acceptors (Lipinski definition) is 6. The number of nitro benzene ring substituents is 1. The van der Waals surface area contributed by atoms with E-state index in [1.165, 1.54) is 0 Å². The van der Waals surface area contributed by atoms with E-state index in [0.29, 0.717) is 6.07 Å². The summed E-state index contributed by atoms with van der Waals surface area (Å²) in [6.07, 6.45) is 0.866. The van der Waals surface area contributed by atoms with E-state index in [-0.39, 0.29) is 11.0 Å². The van der Waals surface area contributed by atoms with Crippen LogP contribution in [0.15, 0.2) is 23.1 Å². The predicted molar refractivity (Wildman–Crippen MR) is 56.5 cm³/mol. The van der Waals surface area contributed by atoms with Crippen LogP contribution in [0.3, 0.4) is 0 Å². The number of aromatic carboxylic acids is 1. The number of benzene rings is 1. The molecule has 0 aliphatic carbocycles. The van der Waals surface area contributed by atoms with Gasteiger partial charge in [0.2, 0.25) is 0 Å². The molecule has 0 bridgehead atoms. The van der Waals surface area contributed by atoms with Crippen molar-refractivity contribution in [2.75, 3.05) is 6.26 Å². The van der Waals surface area contributed by atoms with Crippen LogP contribution in [0, 0.1) is 10.1 Å². The van der Waals surface area contributed by atoms with Crippen LogP contribution in [-0.2, 0) is 9.84 Å². The number of carboxylic acids is 1. The summed E-state index contributed by atoms with van der Waals surface area (Å²) in [7, 11) is -3.62. The summed E-state index contributed by atoms with van der Waals surface area (Å²) in [5, 5.41) is 21.0. The molecule has 0 aliphatic heterocycles. The summed E-state index contributed by atoms with van der Waals surface area (Å²) in [6, 6.07) is 2.51. The summed E-state index contributed by atoms with van der Waals surface area (Å²) >= 11 is 0. The topological polar surface area (TPSA) is 154 Å². The molecule has 0 unspecified atom stereocenters. The zero-order valence-corrected chi connectivity index (χ0v) is 9.85. The van der Waals surface area contributed by atoms with Crippen molar-refractivity contribution in [3.05, 3.63) is 33.9 Å². The number of carbonyl (C=O) groups is 1. The lowest BCUT2D eigenvalue weighted by Crippen LogP contribution is -2.23. The molecule has 0 radical (unpaired) electrons. The van der Waals surface area contributed by atoms with Gasteiger partial charge in [0.1, 0.15) is 0 Å². The van der Waals surface area contributed by atoms with Crippen LogP contribution < -0.4 is 11.3 Å². The third-order valence-electron chi connectivity index (χ3n) is 1.81. The minimum Gasteiger partial charge on any atom is -0.545 e. The van der Waals surface area contributed by atoms with Crippen LogP contribution in [0.5, 0.6) is 0 Å². The lowest BCUT2D eigenvalue weighted by molar-refractivity contribution is -0.386. The van der Waals surface area contributed by atoms with Gasteiger partial charge < -0.3 is 16.1 Å². The molecule has 0 atom stereocenters.